The number of hydrogen-bond donors (Lipinski definition) is 1. The normalized spacial score (nSPS) is 30.1. The predicted octanol–water partition coefficient (Wildman–Crippen LogP) is 5.93. The zero-order valence-electron chi connectivity index (χ0n) is 20.9. The first kappa shape index (κ1) is 23.4. The Morgan fingerprint density at radius 1 is 1.06 bits per heavy atom. The van der Waals surface area contributed by atoms with Crippen LogP contribution >= 0.6 is 0 Å². The molecule has 5 rings (SSSR count). The van der Waals surface area contributed by atoms with Gasteiger partial charge in [-0.15, -0.1) is 0 Å². The van der Waals surface area contributed by atoms with E-state index in [0.29, 0.717) is 41.8 Å². The van der Waals surface area contributed by atoms with Crippen molar-refractivity contribution in [2.45, 2.75) is 64.7 Å². The summed E-state index contributed by atoms with van der Waals surface area (Å²) in [6, 6.07) is 14.6. The van der Waals surface area contributed by atoms with Crippen LogP contribution in [0.1, 0.15) is 75.0 Å². The van der Waals surface area contributed by atoms with E-state index in [2.05, 4.69) is 56.0 Å². The van der Waals surface area contributed by atoms with E-state index >= 15 is 0 Å². The summed E-state index contributed by atoms with van der Waals surface area (Å²) in [5, 5.41) is 10.1. The lowest BCUT2D eigenvalue weighted by molar-refractivity contribution is -0.130. The Bertz CT molecular complexity index is 1030. The van der Waals surface area contributed by atoms with Gasteiger partial charge in [-0.2, -0.15) is 0 Å². The third-order valence-corrected chi connectivity index (χ3v) is 9.30. The van der Waals surface area contributed by atoms with Crippen molar-refractivity contribution in [1.82, 2.24) is 4.90 Å². The number of ketones is 1. The van der Waals surface area contributed by atoms with Crippen LogP contribution in [0.2, 0.25) is 0 Å². The first-order valence-electron chi connectivity index (χ1n) is 13.2. The first-order chi connectivity index (χ1) is 16.4. The third-order valence-electron chi connectivity index (χ3n) is 9.30. The summed E-state index contributed by atoms with van der Waals surface area (Å²) >= 11 is 0. The molecular formula is C30H39NO3. The van der Waals surface area contributed by atoms with Gasteiger partial charge in [0.05, 0.1) is 0 Å². The summed E-state index contributed by atoms with van der Waals surface area (Å²) in [7, 11) is 0. The molecule has 0 bridgehead atoms. The highest BCUT2D eigenvalue weighted by molar-refractivity contribution is 5.87. The highest BCUT2D eigenvalue weighted by Gasteiger charge is 2.57. The minimum absolute atomic E-state index is 0.209. The SMILES string of the molecule is CCN(CC)CCOc1ccc([C@H]2C[C@]3(C)C(=O)CC[C@H]3[C@@H]3CCc4cc(O)ccc4[C@H]32)cc1. The van der Waals surface area contributed by atoms with Crippen LogP contribution in [-0.2, 0) is 11.2 Å². The number of rotatable bonds is 7. The van der Waals surface area contributed by atoms with Crippen LogP contribution in [0.25, 0.3) is 0 Å². The van der Waals surface area contributed by atoms with Crippen molar-refractivity contribution < 1.29 is 14.6 Å². The number of phenols is 1. The van der Waals surface area contributed by atoms with Crippen molar-refractivity contribution in [2.24, 2.45) is 17.3 Å². The van der Waals surface area contributed by atoms with E-state index in [0.717, 1.165) is 57.5 Å². The van der Waals surface area contributed by atoms with Gasteiger partial charge in [-0.3, -0.25) is 4.79 Å². The number of aryl methyl sites for hydroxylation is 1. The number of nitrogens with zero attached hydrogens (tertiary/aromatic N) is 1. The number of phenolic OH excluding ortho intramolecular Hbond substituents is 1. The number of fused-ring (bicyclic) bond motifs is 5. The largest absolute Gasteiger partial charge is 0.508 e. The lowest BCUT2D eigenvalue weighted by Crippen LogP contribution is -2.45. The third kappa shape index (κ3) is 4.04. The van der Waals surface area contributed by atoms with Gasteiger partial charge in [-0.1, -0.05) is 39.0 Å². The molecule has 1 N–H and O–H groups in total. The lowest BCUT2D eigenvalue weighted by atomic mass is 9.51. The minimum atomic E-state index is -0.209. The number of aromatic hydroxyl groups is 1. The maximum Gasteiger partial charge on any atom is 0.139 e. The molecule has 182 valence electrons. The Morgan fingerprint density at radius 3 is 2.56 bits per heavy atom. The molecule has 0 unspecified atom stereocenters. The number of benzene rings is 2. The molecule has 2 saturated carbocycles. The van der Waals surface area contributed by atoms with Crippen molar-refractivity contribution in [3.05, 3.63) is 59.2 Å². The summed E-state index contributed by atoms with van der Waals surface area (Å²) in [6.07, 6.45) is 4.80. The zero-order chi connectivity index (χ0) is 23.9. The number of carbonyl (C=O) groups excluding carboxylic acids is 1. The predicted molar refractivity (Wildman–Crippen MR) is 136 cm³/mol. The molecule has 3 aliphatic rings. The van der Waals surface area contributed by atoms with Gasteiger partial charge in [-0.25, -0.2) is 0 Å². The van der Waals surface area contributed by atoms with E-state index in [1.54, 1.807) is 0 Å². The second-order valence-electron chi connectivity index (χ2n) is 10.9. The molecule has 0 aromatic heterocycles. The topological polar surface area (TPSA) is 49.8 Å². The van der Waals surface area contributed by atoms with Crippen molar-refractivity contribution in [3.8, 4) is 11.5 Å². The van der Waals surface area contributed by atoms with Gasteiger partial charge in [0, 0.05) is 18.4 Å². The van der Waals surface area contributed by atoms with Gasteiger partial charge >= 0.3 is 0 Å². The fraction of sp³-hybridized carbons (Fsp3) is 0.567. The van der Waals surface area contributed by atoms with Crippen LogP contribution in [0.15, 0.2) is 42.5 Å². The Kier molecular flexibility index (Phi) is 6.45. The maximum atomic E-state index is 13.1. The van der Waals surface area contributed by atoms with E-state index in [4.69, 9.17) is 4.74 Å². The molecule has 0 spiro atoms. The maximum absolute atomic E-state index is 13.1. The number of carbonyl (C=O) groups is 1. The van der Waals surface area contributed by atoms with Crippen LogP contribution in [0, 0.1) is 17.3 Å². The molecule has 4 heteroatoms. The van der Waals surface area contributed by atoms with Gasteiger partial charge in [-0.05, 0) is 103 Å². The summed E-state index contributed by atoms with van der Waals surface area (Å²) < 4.78 is 6.04. The van der Waals surface area contributed by atoms with Crippen LogP contribution in [-0.4, -0.2) is 42.0 Å². The molecule has 3 aliphatic carbocycles. The van der Waals surface area contributed by atoms with E-state index in [1.165, 1.54) is 16.7 Å². The number of likely N-dealkylation sites (N-methyl/N-ethyl adjacent to an activating group) is 1. The Morgan fingerprint density at radius 2 is 1.82 bits per heavy atom. The highest BCUT2D eigenvalue weighted by atomic mass is 16.5. The molecule has 5 atom stereocenters. The average Bonchev–Trinajstić information content (AvgIpc) is 3.15. The number of hydrogen-bond acceptors (Lipinski definition) is 4. The van der Waals surface area contributed by atoms with E-state index in [9.17, 15) is 9.90 Å². The van der Waals surface area contributed by atoms with E-state index in [-0.39, 0.29) is 5.41 Å². The Balaban J connectivity index is 1.43. The molecule has 4 nitrogen and oxygen atoms in total. The lowest BCUT2D eigenvalue weighted by Gasteiger charge is -2.52. The first-order valence-corrected chi connectivity index (χ1v) is 13.2. The Labute approximate surface area is 204 Å². The van der Waals surface area contributed by atoms with Gasteiger partial charge in [0.15, 0.2) is 0 Å². The molecule has 34 heavy (non-hydrogen) atoms. The molecule has 2 fully saturated rings. The number of ether oxygens (including phenoxy) is 1. The van der Waals surface area contributed by atoms with Crippen LogP contribution in [0.4, 0.5) is 0 Å². The van der Waals surface area contributed by atoms with E-state index in [1.807, 2.05) is 12.1 Å². The minimum Gasteiger partial charge on any atom is -0.508 e. The molecule has 0 heterocycles. The highest BCUT2D eigenvalue weighted by Crippen LogP contribution is 2.64. The molecule has 0 amide bonds. The second-order valence-corrected chi connectivity index (χ2v) is 10.9. The fourth-order valence-corrected chi connectivity index (χ4v) is 7.43. The Hall–Kier alpha value is -2.33. The molecule has 0 aliphatic heterocycles. The average molecular weight is 462 g/mol. The summed E-state index contributed by atoms with van der Waals surface area (Å²) in [4.78, 5) is 15.5. The summed E-state index contributed by atoms with van der Waals surface area (Å²) in [5.41, 5.74) is 3.78. The molecule has 0 saturated heterocycles. The van der Waals surface area contributed by atoms with Crippen molar-refractivity contribution in [1.29, 1.82) is 0 Å². The van der Waals surface area contributed by atoms with Crippen molar-refractivity contribution in [3.63, 3.8) is 0 Å². The van der Waals surface area contributed by atoms with Crippen molar-refractivity contribution in [2.75, 3.05) is 26.2 Å². The van der Waals surface area contributed by atoms with Gasteiger partial charge in [0.1, 0.15) is 23.9 Å². The summed E-state index contributed by atoms with van der Waals surface area (Å²) in [5.74, 6) is 3.45. The van der Waals surface area contributed by atoms with Crippen LogP contribution in [0.5, 0.6) is 11.5 Å². The van der Waals surface area contributed by atoms with Gasteiger partial charge < -0.3 is 14.7 Å². The quantitative estimate of drug-likeness (QED) is 0.555. The molecule has 2 aromatic carbocycles. The summed E-state index contributed by atoms with van der Waals surface area (Å²) in [6.45, 7) is 10.3. The standard InChI is InChI=1S/C30H39NO3/c1-4-31(5-2)16-17-34-23-10-6-20(7-11-23)26-19-30(3)27(14-15-28(30)33)25-12-8-21-18-22(32)9-13-24(21)29(25)26/h6-7,9-11,13,18,25-27,29,32H,4-5,8,12,14-17,19H2,1-3H3/t25-,26+,27-,29+,30-/m0/s1. The van der Waals surface area contributed by atoms with Crippen LogP contribution in [0.3, 0.4) is 0 Å². The van der Waals surface area contributed by atoms with Crippen LogP contribution < -0.4 is 4.74 Å². The molecule has 0 radical (unpaired) electrons. The van der Waals surface area contributed by atoms with Gasteiger partial charge in [0.2, 0.25) is 0 Å². The smallest absolute Gasteiger partial charge is 0.139 e. The fourth-order valence-electron chi connectivity index (χ4n) is 7.43. The van der Waals surface area contributed by atoms with E-state index < -0.39 is 0 Å². The van der Waals surface area contributed by atoms with Gasteiger partial charge in [0.25, 0.3) is 0 Å². The zero-order valence-corrected chi connectivity index (χ0v) is 20.9. The second kappa shape index (κ2) is 9.37. The monoisotopic (exact) mass is 461 g/mol. The molecule has 2 aromatic rings. The number of Topliss-reactive ketones (excluding diaryl/α,β-unsaturated/α-hetero) is 1. The molecular weight excluding hydrogens is 422 g/mol. The van der Waals surface area contributed by atoms with Crippen molar-refractivity contribution >= 4 is 5.78 Å².